The molecule has 0 unspecified atom stereocenters. The minimum absolute atomic E-state index is 0.0647. The lowest BCUT2D eigenvalue weighted by Crippen LogP contribution is -2.30. The highest BCUT2D eigenvalue weighted by atomic mass is 16.3. The van der Waals surface area contributed by atoms with Crippen LogP contribution in [0.3, 0.4) is 0 Å². The van der Waals surface area contributed by atoms with Crippen molar-refractivity contribution in [3.63, 3.8) is 0 Å². The maximum absolute atomic E-state index is 7.53. The molecule has 1 aliphatic heterocycles. The first-order valence-corrected chi connectivity index (χ1v) is 8.97. The van der Waals surface area contributed by atoms with Gasteiger partial charge in [-0.3, -0.25) is 10.4 Å². The minimum Gasteiger partial charge on any atom is -0.453 e. The van der Waals surface area contributed by atoms with Crippen molar-refractivity contribution in [2.75, 3.05) is 13.1 Å². The maximum Gasteiger partial charge on any atom is 0.169 e. The van der Waals surface area contributed by atoms with Gasteiger partial charge in [0.1, 0.15) is 11.4 Å². The van der Waals surface area contributed by atoms with E-state index in [1.807, 2.05) is 18.2 Å². The van der Waals surface area contributed by atoms with Gasteiger partial charge >= 0.3 is 0 Å². The van der Waals surface area contributed by atoms with E-state index in [1.165, 1.54) is 0 Å². The summed E-state index contributed by atoms with van der Waals surface area (Å²) in [5.41, 5.74) is 10.5. The van der Waals surface area contributed by atoms with E-state index in [0.717, 1.165) is 64.0 Å². The summed E-state index contributed by atoms with van der Waals surface area (Å²) in [6.07, 6.45) is 1.08. The lowest BCUT2D eigenvalue weighted by atomic mass is 10.1. The third kappa shape index (κ3) is 2.75. The van der Waals surface area contributed by atoms with Crippen molar-refractivity contribution in [3.05, 3.63) is 59.9 Å². The smallest absolute Gasteiger partial charge is 0.169 e. The number of rotatable bonds is 3. The summed E-state index contributed by atoms with van der Waals surface area (Å²) >= 11 is 0. The molecular formula is C21H19N5O. The van der Waals surface area contributed by atoms with Gasteiger partial charge in [-0.15, -0.1) is 0 Å². The number of aliphatic imine (C=N–C) groups is 1. The van der Waals surface area contributed by atoms with Crippen molar-refractivity contribution in [3.8, 4) is 11.3 Å². The van der Waals surface area contributed by atoms with E-state index >= 15 is 0 Å². The maximum atomic E-state index is 7.53. The molecule has 2 aromatic carbocycles. The van der Waals surface area contributed by atoms with Gasteiger partial charge in [0.15, 0.2) is 11.6 Å². The second-order valence-electron chi connectivity index (χ2n) is 6.77. The summed E-state index contributed by atoms with van der Waals surface area (Å²) in [7, 11) is 0. The Labute approximate surface area is 155 Å². The lowest BCUT2D eigenvalue weighted by Gasteiger charge is -2.14. The monoisotopic (exact) mass is 357 g/mol. The van der Waals surface area contributed by atoms with Crippen LogP contribution >= 0.6 is 0 Å². The van der Waals surface area contributed by atoms with Crippen LogP contribution in [0, 0.1) is 5.41 Å². The number of aromatic amines is 1. The second kappa shape index (κ2) is 6.02. The molecule has 0 spiro atoms. The summed E-state index contributed by atoms with van der Waals surface area (Å²) in [5.74, 6) is 1.29. The van der Waals surface area contributed by atoms with E-state index in [-0.39, 0.29) is 5.84 Å². The van der Waals surface area contributed by atoms with Gasteiger partial charge in [-0.2, -0.15) is 0 Å². The van der Waals surface area contributed by atoms with Crippen LogP contribution in [-0.2, 0) is 0 Å². The van der Waals surface area contributed by atoms with Gasteiger partial charge in [0.05, 0.1) is 0 Å². The molecule has 0 amide bonds. The molecule has 0 atom stereocenters. The number of H-pyrrole nitrogens is 1. The SMILES string of the molecule is N=C(N)c1cc2ccc(-c3cc4ccc(C5=NCCCN5)cc4[nH]3)cc2o1. The number of benzene rings is 2. The van der Waals surface area contributed by atoms with Crippen LogP contribution in [0.15, 0.2) is 57.9 Å². The third-order valence-corrected chi connectivity index (χ3v) is 4.89. The molecule has 2 aromatic heterocycles. The minimum atomic E-state index is -0.0647. The average molecular weight is 357 g/mol. The van der Waals surface area contributed by atoms with Gasteiger partial charge in [0.2, 0.25) is 0 Å². The van der Waals surface area contributed by atoms with Crippen molar-refractivity contribution < 1.29 is 4.42 Å². The standard InChI is InChI=1S/C21H19N5O/c22-20(23)19-11-14-4-2-13(10-18(14)27-19)16-8-12-3-5-15(9-17(12)26-16)21-24-6-1-7-25-21/h2-5,8-11,26H,1,6-7H2,(H3,22,23)(H,24,25). The molecule has 1 aliphatic rings. The van der Waals surface area contributed by atoms with Crippen LogP contribution in [0.25, 0.3) is 33.1 Å². The second-order valence-corrected chi connectivity index (χ2v) is 6.77. The Morgan fingerprint density at radius 3 is 2.70 bits per heavy atom. The first-order valence-electron chi connectivity index (χ1n) is 8.97. The van der Waals surface area contributed by atoms with Crippen LogP contribution in [0.5, 0.6) is 0 Å². The van der Waals surface area contributed by atoms with Gasteiger partial charge in [-0.05, 0) is 30.7 Å². The first kappa shape index (κ1) is 15.7. The Morgan fingerprint density at radius 1 is 1.04 bits per heavy atom. The van der Waals surface area contributed by atoms with Crippen LogP contribution in [0.1, 0.15) is 17.7 Å². The highest BCUT2D eigenvalue weighted by Gasteiger charge is 2.11. The molecule has 6 nitrogen and oxygen atoms in total. The molecule has 0 radical (unpaired) electrons. The van der Waals surface area contributed by atoms with Gasteiger partial charge in [0.25, 0.3) is 0 Å². The van der Waals surface area contributed by atoms with Crippen molar-refractivity contribution >= 4 is 33.5 Å². The highest BCUT2D eigenvalue weighted by molar-refractivity contribution is 6.02. The number of nitrogens with two attached hydrogens (primary N) is 1. The van der Waals surface area contributed by atoms with E-state index in [2.05, 4.69) is 39.6 Å². The fraction of sp³-hybridized carbons (Fsp3) is 0.143. The molecule has 134 valence electrons. The molecule has 6 heteroatoms. The van der Waals surface area contributed by atoms with Crippen molar-refractivity contribution in [2.24, 2.45) is 10.7 Å². The molecule has 0 fully saturated rings. The average Bonchev–Trinajstić information content (AvgIpc) is 3.31. The summed E-state index contributed by atoms with van der Waals surface area (Å²) in [5, 5.41) is 13.0. The number of nitrogens with zero attached hydrogens (tertiary/aromatic N) is 1. The van der Waals surface area contributed by atoms with Gasteiger partial charge in [0, 0.05) is 46.2 Å². The van der Waals surface area contributed by atoms with Crippen molar-refractivity contribution in [2.45, 2.75) is 6.42 Å². The number of fused-ring (bicyclic) bond motifs is 2. The predicted octanol–water partition coefficient (Wildman–Crippen LogP) is 3.61. The van der Waals surface area contributed by atoms with E-state index in [0.29, 0.717) is 5.76 Å². The Bertz CT molecular complexity index is 1210. The Morgan fingerprint density at radius 2 is 1.89 bits per heavy atom. The zero-order chi connectivity index (χ0) is 18.4. The quantitative estimate of drug-likeness (QED) is 0.333. The molecule has 5 rings (SSSR count). The molecule has 5 N–H and O–H groups in total. The molecule has 27 heavy (non-hydrogen) atoms. The summed E-state index contributed by atoms with van der Waals surface area (Å²) in [4.78, 5) is 8.07. The highest BCUT2D eigenvalue weighted by Crippen LogP contribution is 2.29. The fourth-order valence-electron chi connectivity index (χ4n) is 3.49. The van der Waals surface area contributed by atoms with Crippen LogP contribution in [0.2, 0.25) is 0 Å². The molecule has 4 aromatic rings. The Hall–Kier alpha value is -3.54. The van der Waals surface area contributed by atoms with E-state index < -0.39 is 0 Å². The zero-order valence-electron chi connectivity index (χ0n) is 14.7. The van der Waals surface area contributed by atoms with Crippen LogP contribution in [-0.4, -0.2) is 29.7 Å². The largest absolute Gasteiger partial charge is 0.453 e. The molecule has 3 heterocycles. The van der Waals surface area contributed by atoms with Gasteiger partial charge in [-0.25, -0.2) is 0 Å². The van der Waals surface area contributed by atoms with Crippen LogP contribution < -0.4 is 11.1 Å². The number of amidine groups is 2. The molecular weight excluding hydrogens is 338 g/mol. The topological polar surface area (TPSA) is 103 Å². The van der Waals surface area contributed by atoms with E-state index in [1.54, 1.807) is 6.07 Å². The number of hydrogen-bond acceptors (Lipinski definition) is 4. The lowest BCUT2D eigenvalue weighted by molar-refractivity contribution is 0.603. The van der Waals surface area contributed by atoms with Crippen molar-refractivity contribution in [1.82, 2.24) is 10.3 Å². The van der Waals surface area contributed by atoms with Crippen molar-refractivity contribution in [1.29, 1.82) is 5.41 Å². The zero-order valence-corrected chi connectivity index (χ0v) is 14.7. The Kier molecular flexibility index (Phi) is 3.50. The van der Waals surface area contributed by atoms with Gasteiger partial charge < -0.3 is 20.5 Å². The summed E-state index contributed by atoms with van der Waals surface area (Å²) in [6.45, 7) is 1.85. The number of furan rings is 1. The summed E-state index contributed by atoms with van der Waals surface area (Å²) in [6, 6.07) is 16.3. The number of nitrogens with one attached hydrogen (secondary N) is 3. The van der Waals surface area contributed by atoms with E-state index in [4.69, 9.17) is 15.6 Å². The molecule has 0 bridgehead atoms. The first-order chi connectivity index (χ1) is 13.2. The third-order valence-electron chi connectivity index (χ3n) is 4.89. The number of hydrogen-bond donors (Lipinski definition) is 4. The van der Waals surface area contributed by atoms with Gasteiger partial charge in [-0.1, -0.05) is 24.3 Å². The van der Waals surface area contributed by atoms with E-state index in [9.17, 15) is 0 Å². The normalized spacial score (nSPS) is 14.3. The number of aromatic nitrogens is 1. The van der Waals surface area contributed by atoms with Crippen LogP contribution in [0.4, 0.5) is 0 Å². The number of nitrogen functional groups attached to an aromatic ring is 1. The fourth-order valence-corrected chi connectivity index (χ4v) is 3.49. The Balaban J connectivity index is 1.55. The predicted molar refractivity (Wildman–Crippen MR) is 109 cm³/mol. The molecule has 0 saturated carbocycles. The molecule has 0 saturated heterocycles. The summed E-state index contributed by atoms with van der Waals surface area (Å²) < 4.78 is 5.68. The molecule has 0 aliphatic carbocycles.